The van der Waals surface area contributed by atoms with Gasteiger partial charge in [-0.2, -0.15) is 5.10 Å². The average molecular weight is 281 g/mol. The number of carboxylic acid groups (broad SMARTS) is 1. The lowest BCUT2D eigenvalue weighted by atomic mass is 10.2. The van der Waals surface area contributed by atoms with Gasteiger partial charge in [0.2, 0.25) is 0 Å². The van der Waals surface area contributed by atoms with Gasteiger partial charge in [0.1, 0.15) is 0 Å². The van der Waals surface area contributed by atoms with E-state index in [1.54, 1.807) is 27.7 Å². The minimum absolute atomic E-state index is 0.110. The smallest absolute Gasteiger partial charge is 0.324 e. The summed E-state index contributed by atoms with van der Waals surface area (Å²) in [5.74, 6) is -0.841. The minimum atomic E-state index is -0.951. The quantitative estimate of drug-likeness (QED) is 0.839. The molecule has 0 saturated heterocycles. The lowest BCUT2D eigenvalue weighted by Gasteiger charge is -2.26. The first-order valence-corrected chi connectivity index (χ1v) is 6.32. The summed E-state index contributed by atoms with van der Waals surface area (Å²) in [5.41, 5.74) is 1.37. The van der Waals surface area contributed by atoms with Crippen LogP contribution in [-0.4, -0.2) is 49.8 Å². The SMILES string of the molecule is CCN(C(=O)Nc1nnc(C)c(C)n1)C(C)CC(=O)O. The highest BCUT2D eigenvalue weighted by molar-refractivity contribution is 5.87. The van der Waals surface area contributed by atoms with E-state index in [2.05, 4.69) is 20.5 Å². The highest BCUT2D eigenvalue weighted by atomic mass is 16.4. The van der Waals surface area contributed by atoms with Gasteiger partial charge in [-0.15, -0.1) is 5.10 Å². The Hall–Kier alpha value is -2.25. The van der Waals surface area contributed by atoms with Gasteiger partial charge in [0.25, 0.3) is 5.95 Å². The van der Waals surface area contributed by atoms with Gasteiger partial charge in [0, 0.05) is 12.6 Å². The van der Waals surface area contributed by atoms with Crippen molar-refractivity contribution in [2.75, 3.05) is 11.9 Å². The fraction of sp³-hybridized carbons (Fsp3) is 0.583. The summed E-state index contributed by atoms with van der Waals surface area (Å²) in [6, 6.07) is -0.858. The molecule has 1 unspecified atom stereocenters. The molecule has 8 heteroatoms. The molecular weight excluding hydrogens is 262 g/mol. The maximum atomic E-state index is 12.1. The maximum Gasteiger partial charge on any atom is 0.324 e. The molecule has 1 aromatic rings. The van der Waals surface area contributed by atoms with Crippen molar-refractivity contribution < 1.29 is 14.7 Å². The zero-order valence-corrected chi connectivity index (χ0v) is 12.0. The summed E-state index contributed by atoms with van der Waals surface area (Å²) in [4.78, 5) is 28.3. The number of aryl methyl sites for hydroxylation is 2. The molecule has 0 saturated carbocycles. The Labute approximate surface area is 117 Å². The van der Waals surface area contributed by atoms with Gasteiger partial charge in [-0.3, -0.25) is 10.1 Å². The lowest BCUT2D eigenvalue weighted by molar-refractivity contribution is -0.137. The number of rotatable bonds is 5. The second-order valence-electron chi connectivity index (χ2n) is 4.47. The van der Waals surface area contributed by atoms with Crippen molar-refractivity contribution in [3.63, 3.8) is 0 Å². The van der Waals surface area contributed by atoms with E-state index >= 15 is 0 Å². The number of nitrogens with one attached hydrogen (secondary N) is 1. The number of carboxylic acids is 1. The number of aliphatic carboxylic acids is 1. The lowest BCUT2D eigenvalue weighted by Crippen LogP contribution is -2.42. The van der Waals surface area contributed by atoms with Crippen LogP contribution in [0.5, 0.6) is 0 Å². The molecule has 0 aliphatic rings. The molecule has 1 rings (SSSR count). The first kappa shape index (κ1) is 15.8. The van der Waals surface area contributed by atoms with Gasteiger partial charge >= 0.3 is 12.0 Å². The third-order valence-electron chi connectivity index (χ3n) is 2.91. The Kier molecular flexibility index (Phi) is 5.36. The Bertz CT molecular complexity index is 506. The van der Waals surface area contributed by atoms with Crippen LogP contribution in [0.15, 0.2) is 0 Å². The van der Waals surface area contributed by atoms with Crippen molar-refractivity contribution >= 4 is 17.9 Å². The number of anilines is 1. The summed E-state index contributed by atoms with van der Waals surface area (Å²) >= 11 is 0. The van der Waals surface area contributed by atoms with E-state index in [9.17, 15) is 9.59 Å². The van der Waals surface area contributed by atoms with Gasteiger partial charge < -0.3 is 10.0 Å². The number of amides is 2. The summed E-state index contributed by atoms with van der Waals surface area (Å²) in [7, 11) is 0. The third-order valence-corrected chi connectivity index (χ3v) is 2.91. The Morgan fingerprint density at radius 3 is 2.45 bits per heavy atom. The summed E-state index contributed by atoms with van der Waals surface area (Å²) in [6.07, 6.45) is -0.118. The Morgan fingerprint density at radius 1 is 1.30 bits per heavy atom. The second-order valence-corrected chi connectivity index (χ2v) is 4.47. The van der Waals surface area contributed by atoms with Crippen LogP contribution in [-0.2, 0) is 4.79 Å². The Balaban J connectivity index is 2.76. The predicted octanol–water partition coefficient (Wildman–Crippen LogP) is 1.21. The van der Waals surface area contributed by atoms with Gasteiger partial charge in [-0.25, -0.2) is 9.78 Å². The van der Waals surface area contributed by atoms with Crippen molar-refractivity contribution in [1.29, 1.82) is 0 Å². The largest absolute Gasteiger partial charge is 0.481 e. The van der Waals surface area contributed by atoms with Crippen LogP contribution in [0.4, 0.5) is 10.7 Å². The molecule has 2 amide bonds. The molecule has 8 nitrogen and oxygen atoms in total. The van der Waals surface area contributed by atoms with E-state index in [-0.39, 0.29) is 12.4 Å². The molecule has 110 valence electrons. The third kappa shape index (κ3) is 4.15. The van der Waals surface area contributed by atoms with E-state index in [4.69, 9.17) is 5.11 Å². The minimum Gasteiger partial charge on any atom is -0.481 e. The van der Waals surface area contributed by atoms with Crippen LogP contribution in [0.25, 0.3) is 0 Å². The van der Waals surface area contributed by atoms with Crippen molar-refractivity contribution in [3.8, 4) is 0 Å². The van der Waals surface area contributed by atoms with Crippen LogP contribution in [0.2, 0.25) is 0 Å². The monoisotopic (exact) mass is 281 g/mol. The molecule has 0 bridgehead atoms. The van der Waals surface area contributed by atoms with Gasteiger partial charge in [0.15, 0.2) is 0 Å². The van der Waals surface area contributed by atoms with Crippen molar-refractivity contribution in [1.82, 2.24) is 20.1 Å². The number of aromatic nitrogens is 3. The number of carbonyl (C=O) groups is 2. The molecule has 1 heterocycles. The molecule has 0 radical (unpaired) electrons. The number of urea groups is 1. The number of carbonyl (C=O) groups excluding carboxylic acids is 1. The zero-order valence-electron chi connectivity index (χ0n) is 12.0. The van der Waals surface area contributed by atoms with Gasteiger partial charge in [-0.1, -0.05) is 0 Å². The predicted molar refractivity (Wildman–Crippen MR) is 72.4 cm³/mol. The first-order valence-electron chi connectivity index (χ1n) is 6.32. The number of nitrogens with zero attached hydrogens (tertiary/aromatic N) is 4. The molecule has 1 atom stereocenters. The topological polar surface area (TPSA) is 108 Å². The summed E-state index contributed by atoms with van der Waals surface area (Å²) in [6.45, 7) is 7.38. The zero-order chi connectivity index (χ0) is 15.3. The molecule has 20 heavy (non-hydrogen) atoms. The molecule has 0 aromatic carbocycles. The van der Waals surface area contributed by atoms with Crippen LogP contribution < -0.4 is 5.32 Å². The first-order chi connectivity index (χ1) is 9.35. The molecule has 0 fully saturated rings. The summed E-state index contributed by atoms with van der Waals surface area (Å²) < 4.78 is 0. The van der Waals surface area contributed by atoms with Crippen LogP contribution >= 0.6 is 0 Å². The van der Waals surface area contributed by atoms with Crippen molar-refractivity contribution in [2.24, 2.45) is 0 Å². The van der Waals surface area contributed by atoms with Gasteiger partial charge in [0.05, 0.1) is 17.8 Å². The van der Waals surface area contributed by atoms with E-state index in [0.29, 0.717) is 17.9 Å². The van der Waals surface area contributed by atoms with Crippen LogP contribution in [0, 0.1) is 13.8 Å². The maximum absolute atomic E-state index is 12.1. The van der Waals surface area contributed by atoms with Crippen LogP contribution in [0.1, 0.15) is 31.7 Å². The van der Waals surface area contributed by atoms with Crippen molar-refractivity contribution in [3.05, 3.63) is 11.4 Å². The Morgan fingerprint density at radius 2 is 1.95 bits per heavy atom. The van der Waals surface area contributed by atoms with E-state index in [0.717, 1.165) is 0 Å². The normalized spacial score (nSPS) is 11.8. The molecule has 0 aliphatic carbocycles. The molecule has 0 aliphatic heterocycles. The fourth-order valence-corrected chi connectivity index (χ4v) is 1.70. The number of hydrogen-bond donors (Lipinski definition) is 2. The highest BCUT2D eigenvalue weighted by Crippen LogP contribution is 2.08. The van der Waals surface area contributed by atoms with Crippen molar-refractivity contribution in [2.45, 2.75) is 40.2 Å². The molecule has 0 spiro atoms. The molecule has 1 aromatic heterocycles. The highest BCUT2D eigenvalue weighted by Gasteiger charge is 2.21. The summed E-state index contributed by atoms with van der Waals surface area (Å²) in [5, 5.41) is 18.9. The van der Waals surface area contributed by atoms with Crippen LogP contribution in [0.3, 0.4) is 0 Å². The van der Waals surface area contributed by atoms with Gasteiger partial charge in [-0.05, 0) is 27.7 Å². The van der Waals surface area contributed by atoms with E-state index in [1.807, 2.05) is 0 Å². The standard InChI is InChI=1S/C12H19N5O3/c1-5-17(7(2)6-10(18)19)12(20)14-11-13-8(3)9(4)15-16-11/h7H,5-6H2,1-4H3,(H,18,19)(H,13,14,16,20). The second kappa shape index (κ2) is 6.78. The molecular formula is C12H19N5O3. The average Bonchev–Trinajstić information content (AvgIpc) is 2.33. The van der Waals surface area contributed by atoms with E-state index in [1.165, 1.54) is 4.90 Å². The fourth-order valence-electron chi connectivity index (χ4n) is 1.70. The molecule has 2 N–H and O–H groups in total. The number of hydrogen-bond acceptors (Lipinski definition) is 5. The van der Waals surface area contributed by atoms with E-state index < -0.39 is 18.0 Å².